The predicted octanol–water partition coefficient (Wildman–Crippen LogP) is 7.16. The van der Waals surface area contributed by atoms with E-state index in [1.54, 1.807) is 6.08 Å². The Morgan fingerprint density at radius 3 is 1.94 bits per heavy atom. The average molecular weight is 464 g/mol. The highest BCUT2D eigenvalue weighted by Gasteiger charge is 2.17. The average Bonchev–Trinajstić information content (AvgIpc) is 2.82. The molecule has 4 nitrogen and oxygen atoms in total. The van der Waals surface area contributed by atoms with Crippen molar-refractivity contribution in [3.05, 3.63) is 36.5 Å². The van der Waals surface area contributed by atoms with Crippen molar-refractivity contribution in [3.8, 4) is 0 Å². The van der Waals surface area contributed by atoms with Crippen molar-refractivity contribution in [1.82, 2.24) is 5.32 Å². The number of carbonyl (C=O) groups excluding carboxylic acids is 1. The van der Waals surface area contributed by atoms with Crippen LogP contribution in [0.2, 0.25) is 0 Å². The Hall–Kier alpha value is -1.39. The van der Waals surface area contributed by atoms with Crippen molar-refractivity contribution in [2.75, 3.05) is 6.61 Å². The molecule has 192 valence electrons. The number of rotatable bonds is 23. The summed E-state index contributed by atoms with van der Waals surface area (Å²) < 4.78 is 0. The number of nitrogens with one attached hydrogen (secondary N) is 1. The first-order chi connectivity index (χ1) is 16.2. The molecule has 0 radical (unpaired) electrons. The number of carbonyl (C=O) groups is 1. The summed E-state index contributed by atoms with van der Waals surface area (Å²) in [5.74, 6) is -0.0866. The Kier molecular flexibility index (Phi) is 24.2. The first kappa shape index (κ1) is 31.6. The van der Waals surface area contributed by atoms with Crippen molar-refractivity contribution < 1.29 is 15.0 Å². The van der Waals surface area contributed by atoms with Crippen LogP contribution in [0.1, 0.15) is 123 Å². The van der Waals surface area contributed by atoms with Gasteiger partial charge in [0.15, 0.2) is 0 Å². The quantitative estimate of drug-likeness (QED) is 0.111. The van der Waals surface area contributed by atoms with Gasteiger partial charge < -0.3 is 15.5 Å². The van der Waals surface area contributed by atoms with Gasteiger partial charge in [-0.1, -0.05) is 108 Å². The van der Waals surface area contributed by atoms with E-state index in [-0.39, 0.29) is 12.5 Å². The third-order valence-electron chi connectivity index (χ3n) is 5.85. The van der Waals surface area contributed by atoms with Gasteiger partial charge >= 0.3 is 0 Å². The molecule has 4 heteroatoms. The normalized spacial score (nSPS) is 13.9. The van der Waals surface area contributed by atoms with Gasteiger partial charge in [-0.15, -0.1) is 0 Å². The number of unbranched alkanes of at least 4 members (excludes halogenated alkanes) is 12. The minimum Gasteiger partial charge on any atom is -0.394 e. The Bertz CT molecular complexity index is 513. The van der Waals surface area contributed by atoms with E-state index in [4.69, 9.17) is 0 Å². The maximum absolute atomic E-state index is 12.1. The maximum Gasteiger partial charge on any atom is 0.220 e. The minimum absolute atomic E-state index is 0.0866. The highest BCUT2D eigenvalue weighted by molar-refractivity contribution is 5.76. The fourth-order valence-electron chi connectivity index (χ4n) is 3.68. The van der Waals surface area contributed by atoms with Crippen LogP contribution in [0.3, 0.4) is 0 Å². The van der Waals surface area contributed by atoms with Gasteiger partial charge in [0, 0.05) is 6.42 Å². The molecule has 2 atom stereocenters. The smallest absolute Gasteiger partial charge is 0.220 e. The van der Waals surface area contributed by atoms with Gasteiger partial charge in [-0.2, -0.15) is 0 Å². The Morgan fingerprint density at radius 2 is 1.30 bits per heavy atom. The van der Waals surface area contributed by atoms with Gasteiger partial charge in [0.1, 0.15) is 0 Å². The van der Waals surface area contributed by atoms with Crippen LogP contribution in [0.5, 0.6) is 0 Å². The first-order valence-electron chi connectivity index (χ1n) is 13.7. The number of allylic oxidation sites excluding steroid dienone is 5. The zero-order valence-corrected chi connectivity index (χ0v) is 21.6. The van der Waals surface area contributed by atoms with E-state index < -0.39 is 12.1 Å². The van der Waals surface area contributed by atoms with Crippen LogP contribution in [0.25, 0.3) is 0 Å². The van der Waals surface area contributed by atoms with Gasteiger partial charge in [-0.25, -0.2) is 0 Å². The number of hydrogen-bond acceptors (Lipinski definition) is 3. The lowest BCUT2D eigenvalue weighted by molar-refractivity contribution is -0.123. The van der Waals surface area contributed by atoms with Gasteiger partial charge in [0.05, 0.1) is 18.8 Å². The largest absolute Gasteiger partial charge is 0.394 e. The van der Waals surface area contributed by atoms with Crippen molar-refractivity contribution in [1.29, 1.82) is 0 Å². The molecule has 33 heavy (non-hydrogen) atoms. The monoisotopic (exact) mass is 463 g/mol. The molecule has 0 aliphatic carbocycles. The predicted molar refractivity (Wildman–Crippen MR) is 142 cm³/mol. The molecular weight excluding hydrogens is 410 g/mol. The molecule has 0 aromatic carbocycles. The molecule has 3 N–H and O–H groups in total. The molecule has 0 aliphatic rings. The zero-order chi connectivity index (χ0) is 24.4. The molecule has 0 saturated carbocycles. The van der Waals surface area contributed by atoms with Crippen LogP contribution in [0.15, 0.2) is 36.5 Å². The van der Waals surface area contributed by atoms with Crippen LogP contribution < -0.4 is 5.32 Å². The van der Waals surface area contributed by atoms with Crippen LogP contribution in [-0.4, -0.2) is 34.9 Å². The molecule has 2 unspecified atom stereocenters. The third kappa shape index (κ3) is 22.2. The fraction of sp³-hybridized carbons (Fsp3) is 0.759. The molecule has 0 saturated heterocycles. The number of amides is 1. The number of aliphatic hydroxyl groups excluding tert-OH is 2. The second-order valence-electron chi connectivity index (χ2n) is 9.11. The summed E-state index contributed by atoms with van der Waals surface area (Å²) in [4.78, 5) is 12.1. The lowest BCUT2D eigenvalue weighted by Crippen LogP contribution is -2.45. The molecule has 0 aromatic heterocycles. The number of hydrogen-bond donors (Lipinski definition) is 3. The van der Waals surface area contributed by atoms with Gasteiger partial charge in [0.2, 0.25) is 5.91 Å². The lowest BCUT2D eigenvalue weighted by atomic mass is 10.1. The molecule has 0 aromatic rings. The summed E-state index contributed by atoms with van der Waals surface area (Å²) in [5, 5.41) is 22.6. The van der Waals surface area contributed by atoms with E-state index in [9.17, 15) is 15.0 Å². The molecule has 0 bridgehead atoms. The van der Waals surface area contributed by atoms with Crippen LogP contribution in [0.4, 0.5) is 0 Å². The lowest BCUT2D eigenvalue weighted by Gasteiger charge is -2.20. The van der Waals surface area contributed by atoms with Crippen molar-refractivity contribution in [2.24, 2.45) is 0 Å². The first-order valence-corrected chi connectivity index (χ1v) is 13.7. The fourth-order valence-corrected chi connectivity index (χ4v) is 3.68. The Morgan fingerprint density at radius 1 is 0.727 bits per heavy atom. The molecule has 0 spiro atoms. The minimum atomic E-state index is -0.839. The SMILES string of the molecule is CCC/C=C\C/C=C\CCCCCCCC(=O)NC(CO)C(O)/C=C/CCCCCCCC. The summed E-state index contributed by atoms with van der Waals surface area (Å²) in [6, 6.07) is -0.623. The van der Waals surface area contributed by atoms with E-state index in [1.807, 2.05) is 6.08 Å². The van der Waals surface area contributed by atoms with Crippen LogP contribution in [0, 0.1) is 0 Å². The topological polar surface area (TPSA) is 69.6 Å². The summed E-state index contributed by atoms with van der Waals surface area (Å²) in [5.41, 5.74) is 0. The molecular formula is C29H53NO3. The number of aliphatic hydroxyl groups is 2. The molecule has 0 aliphatic heterocycles. The van der Waals surface area contributed by atoms with Crippen LogP contribution >= 0.6 is 0 Å². The Labute approximate surface area is 204 Å². The molecule has 0 rings (SSSR count). The van der Waals surface area contributed by atoms with E-state index in [0.29, 0.717) is 6.42 Å². The summed E-state index contributed by atoms with van der Waals surface area (Å²) in [7, 11) is 0. The van der Waals surface area contributed by atoms with E-state index >= 15 is 0 Å². The van der Waals surface area contributed by atoms with Gasteiger partial charge in [0.25, 0.3) is 0 Å². The standard InChI is InChI=1S/C29H53NO3/c1-3-5-7-9-11-13-14-15-16-17-19-21-23-25-29(33)30-27(26-31)28(32)24-22-20-18-12-10-8-6-4-2/h7,9,13-14,22,24,27-28,31-32H,3-6,8,10-12,15-21,23,25-26H2,1-2H3,(H,30,33)/b9-7-,14-13-,24-22+. The van der Waals surface area contributed by atoms with Crippen molar-refractivity contribution >= 4 is 5.91 Å². The summed E-state index contributed by atoms with van der Waals surface area (Å²) >= 11 is 0. The molecule has 1 amide bonds. The maximum atomic E-state index is 12.1. The highest BCUT2D eigenvalue weighted by Crippen LogP contribution is 2.10. The van der Waals surface area contributed by atoms with E-state index in [1.165, 1.54) is 57.8 Å². The van der Waals surface area contributed by atoms with Crippen molar-refractivity contribution in [3.63, 3.8) is 0 Å². The molecule has 0 heterocycles. The second kappa shape index (κ2) is 25.2. The van der Waals surface area contributed by atoms with Crippen molar-refractivity contribution in [2.45, 2.75) is 135 Å². The Balaban J connectivity index is 3.75. The second-order valence-corrected chi connectivity index (χ2v) is 9.11. The summed E-state index contributed by atoms with van der Waals surface area (Å²) in [6.45, 7) is 4.16. The highest BCUT2D eigenvalue weighted by atomic mass is 16.3. The van der Waals surface area contributed by atoms with Gasteiger partial charge in [-0.3, -0.25) is 4.79 Å². The van der Waals surface area contributed by atoms with E-state index in [2.05, 4.69) is 43.5 Å². The summed E-state index contributed by atoms with van der Waals surface area (Å²) in [6.07, 6.45) is 30.7. The van der Waals surface area contributed by atoms with Gasteiger partial charge in [-0.05, 0) is 44.9 Å². The molecule has 0 fully saturated rings. The zero-order valence-electron chi connectivity index (χ0n) is 21.6. The third-order valence-corrected chi connectivity index (χ3v) is 5.85. The van der Waals surface area contributed by atoms with Crippen LogP contribution in [-0.2, 0) is 4.79 Å². The van der Waals surface area contributed by atoms with E-state index in [0.717, 1.165) is 44.9 Å².